The van der Waals surface area contributed by atoms with E-state index in [-0.39, 0.29) is 4.99 Å². The fourth-order valence-electron chi connectivity index (χ4n) is 1.85. The molecule has 0 radical (unpaired) electrons. The molecule has 0 aliphatic rings. The minimum absolute atomic E-state index is 0.246. The minimum atomic E-state index is 0.246. The van der Waals surface area contributed by atoms with Crippen molar-refractivity contribution in [2.24, 2.45) is 5.73 Å². The van der Waals surface area contributed by atoms with E-state index in [1.165, 1.54) is 11.1 Å². The predicted octanol–water partition coefficient (Wildman–Crippen LogP) is 2.85. The van der Waals surface area contributed by atoms with Crippen LogP contribution in [-0.4, -0.2) is 15.0 Å². The highest BCUT2D eigenvalue weighted by molar-refractivity contribution is 7.80. The van der Waals surface area contributed by atoms with Crippen molar-refractivity contribution in [2.45, 2.75) is 26.3 Å². The van der Waals surface area contributed by atoms with Gasteiger partial charge in [-0.25, -0.2) is 9.97 Å². The first kappa shape index (κ1) is 14.4. The van der Waals surface area contributed by atoms with Gasteiger partial charge >= 0.3 is 0 Å². The second kappa shape index (κ2) is 6.43. The monoisotopic (exact) mass is 286 g/mol. The standard InChI is InChI=1S/C15H18N4S/c1-10(2)12-5-3-11(4-6-12)9-19-15-13(14(16)20)17-7-8-18-15/h3-8,10H,9H2,1-2H3,(H2,16,20)(H,18,19). The molecule has 0 spiro atoms. The third-order valence-electron chi connectivity index (χ3n) is 3.04. The molecule has 1 aromatic heterocycles. The maximum atomic E-state index is 5.63. The molecule has 0 saturated heterocycles. The van der Waals surface area contributed by atoms with Crippen molar-refractivity contribution in [1.82, 2.24) is 9.97 Å². The van der Waals surface area contributed by atoms with Crippen LogP contribution < -0.4 is 11.1 Å². The van der Waals surface area contributed by atoms with Crippen LogP contribution >= 0.6 is 12.2 Å². The van der Waals surface area contributed by atoms with Crippen LogP contribution in [0.25, 0.3) is 0 Å². The first-order chi connectivity index (χ1) is 9.58. The van der Waals surface area contributed by atoms with Crippen LogP contribution in [0.4, 0.5) is 5.82 Å². The second-order valence-corrected chi connectivity index (χ2v) is 5.31. The molecule has 0 aliphatic carbocycles. The maximum Gasteiger partial charge on any atom is 0.155 e. The third kappa shape index (κ3) is 3.51. The second-order valence-electron chi connectivity index (χ2n) is 4.87. The Labute approximate surface area is 124 Å². The Kier molecular flexibility index (Phi) is 4.63. The van der Waals surface area contributed by atoms with Gasteiger partial charge in [0.1, 0.15) is 10.7 Å². The first-order valence-corrected chi connectivity index (χ1v) is 6.92. The molecule has 20 heavy (non-hydrogen) atoms. The number of benzene rings is 1. The molecule has 0 fully saturated rings. The molecule has 0 bridgehead atoms. The third-order valence-corrected chi connectivity index (χ3v) is 3.23. The topological polar surface area (TPSA) is 63.8 Å². The molecule has 0 saturated carbocycles. The molecular formula is C15H18N4S. The first-order valence-electron chi connectivity index (χ1n) is 6.51. The number of anilines is 1. The van der Waals surface area contributed by atoms with Gasteiger partial charge in [0.05, 0.1) is 0 Å². The largest absolute Gasteiger partial charge is 0.388 e. The highest BCUT2D eigenvalue weighted by Gasteiger charge is 2.07. The van der Waals surface area contributed by atoms with Crippen molar-refractivity contribution >= 4 is 23.0 Å². The Bertz CT molecular complexity index is 593. The summed E-state index contributed by atoms with van der Waals surface area (Å²) in [6, 6.07) is 8.51. The van der Waals surface area contributed by atoms with E-state index in [4.69, 9.17) is 18.0 Å². The fourth-order valence-corrected chi connectivity index (χ4v) is 2.00. The van der Waals surface area contributed by atoms with Crippen LogP contribution in [0.3, 0.4) is 0 Å². The molecule has 5 heteroatoms. The van der Waals surface area contributed by atoms with Crippen molar-refractivity contribution in [3.8, 4) is 0 Å². The number of nitrogens with two attached hydrogens (primary N) is 1. The highest BCUT2D eigenvalue weighted by Crippen LogP contribution is 2.16. The van der Waals surface area contributed by atoms with Gasteiger partial charge in [0, 0.05) is 18.9 Å². The summed E-state index contributed by atoms with van der Waals surface area (Å²) >= 11 is 4.96. The Morgan fingerprint density at radius 2 is 1.85 bits per heavy atom. The Balaban J connectivity index is 2.07. The van der Waals surface area contributed by atoms with Crippen molar-refractivity contribution in [3.63, 3.8) is 0 Å². The van der Waals surface area contributed by atoms with Crippen LogP contribution in [0.5, 0.6) is 0 Å². The van der Waals surface area contributed by atoms with Crippen LogP contribution in [0, 0.1) is 0 Å². The molecular weight excluding hydrogens is 268 g/mol. The van der Waals surface area contributed by atoms with E-state index >= 15 is 0 Å². The summed E-state index contributed by atoms with van der Waals surface area (Å²) in [6.07, 6.45) is 3.20. The minimum Gasteiger partial charge on any atom is -0.388 e. The number of thiocarbonyl (C=S) groups is 1. The highest BCUT2D eigenvalue weighted by atomic mass is 32.1. The Morgan fingerprint density at radius 1 is 1.20 bits per heavy atom. The molecule has 4 nitrogen and oxygen atoms in total. The molecule has 2 aromatic rings. The molecule has 0 amide bonds. The van der Waals surface area contributed by atoms with Gasteiger partial charge < -0.3 is 11.1 Å². The molecule has 0 atom stereocenters. The van der Waals surface area contributed by atoms with Gasteiger partial charge in [-0.3, -0.25) is 0 Å². The fraction of sp³-hybridized carbons (Fsp3) is 0.267. The summed E-state index contributed by atoms with van der Waals surface area (Å²) in [4.78, 5) is 8.60. The average molecular weight is 286 g/mol. The quantitative estimate of drug-likeness (QED) is 0.828. The van der Waals surface area contributed by atoms with Crippen LogP contribution in [0.2, 0.25) is 0 Å². The summed E-state index contributed by atoms with van der Waals surface area (Å²) < 4.78 is 0. The van der Waals surface area contributed by atoms with E-state index in [9.17, 15) is 0 Å². The van der Waals surface area contributed by atoms with Gasteiger partial charge in [-0.05, 0) is 17.0 Å². The van der Waals surface area contributed by atoms with Gasteiger partial charge in [0.2, 0.25) is 0 Å². The molecule has 104 valence electrons. The Hall–Kier alpha value is -2.01. The molecule has 0 unspecified atom stereocenters. The lowest BCUT2D eigenvalue weighted by Gasteiger charge is -2.10. The summed E-state index contributed by atoms with van der Waals surface area (Å²) in [5.74, 6) is 1.16. The summed E-state index contributed by atoms with van der Waals surface area (Å²) in [7, 11) is 0. The molecule has 1 aromatic carbocycles. The van der Waals surface area contributed by atoms with E-state index in [0.29, 0.717) is 24.0 Å². The number of rotatable bonds is 5. The summed E-state index contributed by atoms with van der Waals surface area (Å²) in [5.41, 5.74) is 8.66. The molecule has 2 rings (SSSR count). The number of nitrogens with one attached hydrogen (secondary N) is 1. The molecule has 3 N–H and O–H groups in total. The number of hydrogen-bond acceptors (Lipinski definition) is 4. The SMILES string of the molecule is CC(C)c1ccc(CNc2nccnc2C(N)=S)cc1. The van der Waals surface area contributed by atoms with Gasteiger partial charge in [-0.2, -0.15) is 0 Å². The number of hydrogen-bond donors (Lipinski definition) is 2. The van der Waals surface area contributed by atoms with E-state index < -0.39 is 0 Å². The van der Waals surface area contributed by atoms with E-state index in [2.05, 4.69) is 53.4 Å². The van der Waals surface area contributed by atoms with Crippen molar-refractivity contribution in [2.75, 3.05) is 5.32 Å². The summed E-state index contributed by atoms with van der Waals surface area (Å²) in [5, 5.41) is 3.22. The van der Waals surface area contributed by atoms with E-state index in [1.54, 1.807) is 12.4 Å². The van der Waals surface area contributed by atoms with E-state index in [0.717, 1.165) is 0 Å². The van der Waals surface area contributed by atoms with Gasteiger partial charge in [-0.1, -0.05) is 50.3 Å². The van der Waals surface area contributed by atoms with Crippen LogP contribution in [-0.2, 0) is 6.54 Å². The smallest absolute Gasteiger partial charge is 0.155 e. The van der Waals surface area contributed by atoms with Crippen LogP contribution in [0.15, 0.2) is 36.7 Å². The van der Waals surface area contributed by atoms with Gasteiger partial charge in [-0.15, -0.1) is 0 Å². The number of nitrogens with zero attached hydrogens (tertiary/aromatic N) is 2. The molecule has 1 heterocycles. The lowest BCUT2D eigenvalue weighted by Crippen LogP contribution is -2.16. The lowest BCUT2D eigenvalue weighted by atomic mass is 10.0. The van der Waals surface area contributed by atoms with E-state index in [1.807, 2.05) is 0 Å². The average Bonchev–Trinajstić information content (AvgIpc) is 2.45. The Morgan fingerprint density at radius 3 is 2.45 bits per heavy atom. The van der Waals surface area contributed by atoms with Crippen molar-refractivity contribution < 1.29 is 0 Å². The predicted molar refractivity (Wildman–Crippen MR) is 85.8 cm³/mol. The summed E-state index contributed by atoms with van der Waals surface area (Å²) in [6.45, 7) is 5.02. The van der Waals surface area contributed by atoms with Crippen molar-refractivity contribution in [1.29, 1.82) is 0 Å². The zero-order chi connectivity index (χ0) is 14.5. The van der Waals surface area contributed by atoms with Crippen molar-refractivity contribution in [3.05, 3.63) is 53.5 Å². The zero-order valence-electron chi connectivity index (χ0n) is 11.6. The lowest BCUT2D eigenvalue weighted by molar-refractivity contribution is 0.865. The maximum absolute atomic E-state index is 5.63. The van der Waals surface area contributed by atoms with Gasteiger partial charge in [0.25, 0.3) is 0 Å². The normalized spacial score (nSPS) is 10.6. The molecule has 0 aliphatic heterocycles. The van der Waals surface area contributed by atoms with Crippen LogP contribution in [0.1, 0.15) is 36.6 Å². The van der Waals surface area contributed by atoms with Gasteiger partial charge in [0.15, 0.2) is 5.82 Å². The zero-order valence-corrected chi connectivity index (χ0v) is 12.4. The number of aromatic nitrogens is 2.